The van der Waals surface area contributed by atoms with Gasteiger partial charge in [0.05, 0.1) is 11.5 Å². The fraction of sp³-hybridized carbons (Fsp3) is 0.400. The van der Waals surface area contributed by atoms with Crippen molar-refractivity contribution in [2.75, 3.05) is 0 Å². The number of halogens is 1. The highest BCUT2D eigenvalue weighted by atomic mass is 79.9. The molecule has 0 aliphatic heterocycles. The summed E-state index contributed by atoms with van der Waals surface area (Å²) in [6, 6.07) is 19.0. The number of amides is 1. The van der Waals surface area contributed by atoms with Crippen molar-refractivity contribution < 1.29 is 9.59 Å². The van der Waals surface area contributed by atoms with E-state index < -0.39 is 16.7 Å². The number of carbonyl (C=O) groups is 2. The third kappa shape index (κ3) is 3.18. The van der Waals surface area contributed by atoms with E-state index in [1.807, 2.05) is 42.5 Å². The molecule has 0 radical (unpaired) electrons. The molecule has 2 saturated carbocycles. The molecule has 1 amide bonds. The summed E-state index contributed by atoms with van der Waals surface area (Å²) in [5.41, 5.74) is -1.18. The Morgan fingerprint density at radius 2 is 1.77 bits per heavy atom. The van der Waals surface area contributed by atoms with Gasteiger partial charge in [-0.25, -0.2) is 0 Å². The number of carbonyl (C=O) groups excluding carboxylic acids is 2. The predicted octanol–water partition coefficient (Wildman–Crippen LogP) is 5.39. The van der Waals surface area contributed by atoms with Crippen LogP contribution in [0.1, 0.15) is 60.9 Å². The SMILES string of the molecule is C[C@]1(C(=O)c2ccccc2)[C@H](c2cccc(Br)c2)[C@]1(C#N)C(=O)NC1CCCCC1. The first-order valence-corrected chi connectivity index (χ1v) is 11.3. The minimum Gasteiger partial charge on any atom is -0.352 e. The summed E-state index contributed by atoms with van der Waals surface area (Å²) < 4.78 is 0.862. The van der Waals surface area contributed by atoms with Gasteiger partial charge >= 0.3 is 0 Å². The molecule has 2 aromatic carbocycles. The molecule has 0 spiro atoms. The normalized spacial score (nSPS) is 28.4. The van der Waals surface area contributed by atoms with Crippen LogP contribution in [0.3, 0.4) is 0 Å². The van der Waals surface area contributed by atoms with Gasteiger partial charge < -0.3 is 5.32 Å². The van der Waals surface area contributed by atoms with E-state index in [4.69, 9.17) is 0 Å². The van der Waals surface area contributed by atoms with Crippen LogP contribution >= 0.6 is 15.9 Å². The lowest BCUT2D eigenvalue weighted by molar-refractivity contribution is -0.126. The molecule has 4 nitrogen and oxygen atoms in total. The maximum atomic E-state index is 13.6. The minimum absolute atomic E-state index is 0.0799. The number of Topliss-reactive ketones (excluding diaryl/α,β-unsaturated/α-hetero) is 1. The molecule has 0 aromatic heterocycles. The molecule has 0 bridgehead atoms. The molecule has 0 heterocycles. The van der Waals surface area contributed by atoms with Crippen molar-refractivity contribution in [2.24, 2.45) is 10.8 Å². The molecular weight excluding hydrogens is 440 g/mol. The standard InChI is InChI=1S/C25H25BrN2O2/c1-24(22(29)17-9-4-2-5-10-17)21(18-11-8-12-19(26)15-18)25(24,16-27)23(30)28-20-13-6-3-7-14-20/h2,4-5,8-12,15,20-21H,3,6-7,13-14H2,1H3,(H,28,30)/t21-,24+,25+/m0/s1. The van der Waals surface area contributed by atoms with Gasteiger partial charge in [0.1, 0.15) is 0 Å². The molecule has 2 aliphatic carbocycles. The Morgan fingerprint density at radius 3 is 2.40 bits per heavy atom. The predicted molar refractivity (Wildman–Crippen MR) is 119 cm³/mol. The van der Waals surface area contributed by atoms with E-state index in [1.165, 1.54) is 6.42 Å². The summed E-state index contributed by atoms with van der Waals surface area (Å²) in [5, 5.41) is 13.4. The molecule has 30 heavy (non-hydrogen) atoms. The smallest absolute Gasteiger partial charge is 0.242 e. The number of nitrogens with zero attached hydrogens (tertiary/aromatic N) is 1. The lowest BCUT2D eigenvalue weighted by atomic mass is 9.86. The van der Waals surface area contributed by atoms with Crippen molar-refractivity contribution in [2.45, 2.75) is 51.0 Å². The summed E-state index contributed by atoms with van der Waals surface area (Å²) in [6.45, 7) is 1.78. The number of hydrogen-bond acceptors (Lipinski definition) is 3. The topological polar surface area (TPSA) is 70.0 Å². The highest BCUT2D eigenvalue weighted by Crippen LogP contribution is 2.75. The highest BCUT2D eigenvalue weighted by molar-refractivity contribution is 9.10. The molecule has 1 N–H and O–H groups in total. The van der Waals surface area contributed by atoms with Crippen LogP contribution in [0.2, 0.25) is 0 Å². The highest BCUT2D eigenvalue weighted by Gasteiger charge is 2.82. The van der Waals surface area contributed by atoms with Gasteiger partial charge in [-0.1, -0.05) is 77.7 Å². The van der Waals surface area contributed by atoms with Crippen molar-refractivity contribution in [3.63, 3.8) is 0 Å². The second kappa shape index (κ2) is 8.00. The Hall–Kier alpha value is -2.45. The van der Waals surface area contributed by atoms with Crippen LogP contribution in [0.4, 0.5) is 0 Å². The van der Waals surface area contributed by atoms with Crippen LogP contribution in [-0.4, -0.2) is 17.7 Å². The van der Waals surface area contributed by atoms with Crippen molar-refractivity contribution in [1.29, 1.82) is 5.26 Å². The summed E-state index contributed by atoms with van der Waals surface area (Å²) in [4.78, 5) is 27.2. The molecule has 2 fully saturated rings. The quantitative estimate of drug-likeness (QED) is 0.602. The molecule has 2 aliphatic rings. The van der Waals surface area contributed by atoms with Gasteiger partial charge in [-0.05, 0) is 37.5 Å². The Morgan fingerprint density at radius 1 is 1.07 bits per heavy atom. The van der Waals surface area contributed by atoms with Crippen LogP contribution in [-0.2, 0) is 4.79 Å². The average molecular weight is 465 g/mol. The van der Waals surface area contributed by atoms with Crippen molar-refractivity contribution in [3.05, 3.63) is 70.2 Å². The zero-order valence-corrected chi connectivity index (χ0v) is 18.6. The Kier molecular flexibility index (Phi) is 5.55. The summed E-state index contributed by atoms with van der Waals surface area (Å²) in [6.07, 6.45) is 5.20. The van der Waals surface area contributed by atoms with Gasteiger partial charge in [0, 0.05) is 22.0 Å². The molecule has 2 aromatic rings. The fourth-order valence-corrected chi connectivity index (χ4v) is 5.65. The largest absolute Gasteiger partial charge is 0.352 e. The van der Waals surface area contributed by atoms with E-state index in [-0.39, 0.29) is 17.7 Å². The van der Waals surface area contributed by atoms with Gasteiger partial charge in [0.2, 0.25) is 5.91 Å². The maximum absolute atomic E-state index is 13.6. The van der Waals surface area contributed by atoms with Gasteiger partial charge in [-0.15, -0.1) is 0 Å². The third-order valence-corrected chi connectivity index (χ3v) is 7.40. The van der Waals surface area contributed by atoms with Gasteiger partial charge in [0.25, 0.3) is 0 Å². The zero-order chi connectivity index (χ0) is 21.4. The molecule has 4 rings (SSSR count). The molecular formula is C25H25BrN2O2. The van der Waals surface area contributed by atoms with Crippen molar-refractivity contribution in [1.82, 2.24) is 5.32 Å². The Balaban J connectivity index is 1.76. The number of ketones is 1. The van der Waals surface area contributed by atoms with Crippen LogP contribution in [0.5, 0.6) is 0 Å². The van der Waals surface area contributed by atoms with E-state index >= 15 is 0 Å². The van der Waals surface area contributed by atoms with Crippen molar-refractivity contribution in [3.8, 4) is 6.07 Å². The monoisotopic (exact) mass is 464 g/mol. The second-order valence-electron chi connectivity index (χ2n) is 8.61. The lowest BCUT2D eigenvalue weighted by Crippen LogP contribution is -2.43. The Labute approximate surface area is 185 Å². The molecule has 0 unspecified atom stereocenters. The van der Waals surface area contributed by atoms with E-state index in [0.29, 0.717) is 5.56 Å². The van der Waals surface area contributed by atoms with Crippen molar-refractivity contribution >= 4 is 27.6 Å². The number of rotatable bonds is 5. The second-order valence-corrected chi connectivity index (χ2v) is 9.53. The first-order valence-electron chi connectivity index (χ1n) is 10.5. The number of hydrogen-bond donors (Lipinski definition) is 1. The summed E-state index contributed by atoms with van der Waals surface area (Å²) in [5.74, 6) is -0.967. The summed E-state index contributed by atoms with van der Waals surface area (Å²) in [7, 11) is 0. The van der Waals surface area contributed by atoms with E-state index in [1.54, 1.807) is 19.1 Å². The van der Waals surface area contributed by atoms with E-state index in [9.17, 15) is 14.9 Å². The first-order chi connectivity index (χ1) is 14.4. The third-order valence-electron chi connectivity index (χ3n) is 6.91. The lowest BCUT2D eigenvalue weighted by Gasteiger charge is -2.25. The van der Waals surface area contributed by atoms with E-state index in [2.05, 4.69) is 27.3 Å². The molecule has 154 valence electrons. The fourth-order valence-electron chi connectivity index (χ4n) is 5.23. The van der Waals surface area contributed by atoms with Crippen LogP contribution in [0.25, 0.3) is 0 Å². The van der Waals surface area contributed by atoms with Gasteiger partial charge in [0.15, 0.2) is 11.2 Å². The van der Waals surface area contributed by atoms with E-state index in [0.717, 1.165) is 35.7 Å². The average Bonchev–Trinajstić information content (AvgIpc) is 3.35. The molecule has 0 saturated heterocycles. The molecule has 5 heteroatoms. The first kappa shape index (κ1) is 20.8. The van der Waals surface area contributed by atoms with Crippen LogP contribution in [0.15, 0.2) is 59.1 Å². The minimum atomic E-state index is -1.42. The summed E-state index contributed by atoms with van der Waals surface area (Å²) >= 11 is 3.49. The molecule has 3 atom stereocenters. The number of nitrogens with one attached hydrogen (secondary N) is 1. The van der Waals surface area contributed by atoms with Gasteiger partial charge in [-0.2, -0.15) is 5.26 Å². The number of nitriles is 1. The van der Waals surface area contributed by atoms with Crippen LogP contribution in [0, 0.1) is 22.2 Å². The maximum Gasteiger partial charge on any atom is 0.242 e. The zero-order valence-electron chi connectivity index (χ0n) is 17.0. The van der Waals surface area contributed by atoms with Gasteiger partial charge in [-0.3, -0.25) is 9.59 Å². The Bertz CT molecular complexity index is 1010. The number of benzene rings is 2. The van der Waals surface area contributed by atoms with Crippen LogP contribution < -0.4 is 5.32 Å².